The van der Waals surface area contributed by atoms with E-state index in [2.05, 4.69) is 29.6 Å². The van der Waals surface area contributed by atoms with Gasteiger partial charge in [0.25, 0.3) is 0 Å². The maximum atomic E-state index is 9.48. The van der Waals surface area contributed by atoms with Crippen molar-refractivity contribution in [3.8, 4) is 0 Å². The van der Waals surface area contributed by atoms with Crippen LogP contribution in [0.15, 0.2) is 24.3 Å². The van der Waals surface area contributed by atoms with Crippen LogP contribution < -0.4 is 5.32 Å². The first-order valence-electron chi connectivity index (χ1n) is 6.92. The number of hydrogen-bond donors (Lipinski definition) is 3. The zero-order chi connectivity index (χ0) is 12.8. The van der Waals surface area contributed by atoms with Crippen LogP contribution in [0.5, 0.6) is 0 Å². The fourth-order valence-corrected chi connectivity index (χ4v) is 2.56. The molecule has 0 amide bonds. The number of benzene rings is 1. The van der Waals surface area contributed by atoms with Crippen molar-refractivity contribution in [1.82, 2.24) is 0 Å². The lowest BCUT2D eigenvalue weighted by molar-refractivity contribution is 0.126. The number of aliphatic hydroxyl groups is 2. The summed E-state index contributed by atoms with van der Waals surface area (Å²) in [6, 6.07) is 8.91. The molecule has 1 fully saturated rings. The molecule has 0 radical (unpaired) electrons. The van der Waals surface area contributed by atoms with Gasteiger partial charge in [0.1, 0.15) is 0 Å². The van der Waals surface area contributed by atoms with E-state index < -0.39 is 0 Å². The van der Waals surface area contributed by atoms with E-state index in [-0.39, 0.29) is 12.7 Å². The van der Waals surface area contributed by atoms with Crippen molar-refractivity contribution in [2.45, 2.75) is 50.7 Å². The second-order valence-corrected chi connectivity index (χ2v) is 5.18. The molecule has 1 aliphatic rings. The second-order valence-electron chi connectivity index (χ2n) is 5.18. The summed E-state index contributed by atoms with van der Waals surface area (Å²) in [6.45, 7) is 0.248. The molecule has 18 heavy (non-hydrogen) atoms. The highest BCUT2D eigenvalue weighted by molar-refractivity contribution is 5.46. The van der Waals surface area contributed by atoms with Crippen molar-refractivity contribution < 1.29 is 10.2 Å². The SMILES string of the molecule is OCCCc1cccc(NC2CCC(O)CC2)c1. The van der Waals surface area contributed by atoms with Crippen LogP contribution in [0, 0.1) is 0 Å². The highest BCUT2D eigenvalue weighted by Gasteiger charge is 2.18. The monoisotopic (exact) mass is 249 g/mol. The summed E-state index contributed by atoms with van der Waals surface area (Å²) >= 11 is 0. The van der Waals surface area contributed by atoms with E-state index in [0.717, 1.165) is 44.2 Å². The summed E-state index contributed by atoms with van der Waals surface area (Å²) in [4.78, 5) is 0. The maximum absolute atomic E-state index is 9.48. The summed E-state index contributed by atoms with van der Waals surface area (Å²) in [5.41, 5.74) is 2.43. The smallest absolute Gasteiger partial charge is 0.0541 e. The van der Waals surface area contributed by atoms with Crippen molar-refractivity contribution in [3.05, 3.63) is 29.8 Å². The Hall–Kier alpha value is -1.06. The zero-order valence-corrected chi connectivity index (χ0v) is 10.8. The molecule has 0 aromatic heterocycles. The van der Waals surface area contributed by atoms with E-state index in [1.807, 2.05) is 0 Å². The van der Waals surface area contributed by atoms with E-state index in [1.54, 1.807) is 0 Å². The Morgan fingerprint density at radius 1 is 1.17 bits per heavy atom. The molecule has 1 aliphatic carbocycles. The quantitative estimate of drug-likeness (QED) is 0.750. The molecule has 2 rings (SSSR count). The molecule has 0 heterocycles. The summed E-state index contributed by atoms with van der Waals surface area (Å²) in [6.07, 6.45) is 5.54. The summed E-state index contributed by atoms with van der Waals surface area (Å²) in [5, 5.41) is 21.9. The van der Waals surface area contributed by atoms with Crippen molar-refractivity contribution in [1.29, 1.82) is 0 Å². The van der Waals surface area contributed by atoms with Gasteiger partial charge in [-0.3, -0.25) is 0 Å². The van der Waals surface area contributed by atoms with Crippen LogP contribution in [0.1, 0.15) is 37.7 Å². The molecular weight excluding hydrogens is 226 g/mol. The lowest BCUT2D eigenvalue weighted by atomic mass is 9.93. The molecule has 0 saturated heterocycles. The molecular formula is C15H23NO2. The number of anilines is 1. The lowest BCUT2D eigenvalue weighted by Crippen LogP contribution is -2.28. The van der Waals surface area contributed by atoms with Gasteiger partial charge in [0.15, 0.2) is 0 Å². The van der Waals surface area contributed by atoms with Gasteiger partial charge < -0.3 is 15.5 Å². The predicted molar refractivity (Wildman–Crippen MR) is 73.7 cm³/mol. The number of hydrogen-bond acceptors (Lipinski definition) is 3. The molecule has 0 bridgehead atoms. The topological polar surface area (TPSA) is 52.5 Å². The molecule has 0 atom stereocenters. The molecule has 3 N–H and O–H groups in total. The Morgan fingerprint density at radius 2 is 1.94 bits per heavy atom. The Balaban J connectivity index is 1.88. The summed E-state index contributed by atoms with van der Waals surface area (Å²) in [7, 11) is 0. The molecule has 0 spiro atoms. The molecule has 1 saturated carbocycles. The molecule has 1 aromatic rings. The van der Waals surface area contributed by atoms with Crippen LogP contribution >= 0.6 is 0 Å². The molecule has 3 heteroatoms. The number of aliphatic hydroxyl groups excluding tert-OH is 2. The molecule has 100 valence electrons. The molecule has 3 nitrogen and oxygen atoms in total. The van der Waals surface area contributed by atoms with Crippen LogP contribution in [-0.2, 0) is 6.42 Å². The van der Waals surface area contributed by atoms with Gasteiger partial charge in [0, 0.05) is 18.3 Å². The molecule has 1 aromatic carbocycles. The number of nitrogens with one attached hydrogen (secondary N) is 1. The average Bonchev–Trinajstić information content (AvgIpc) is 2.40. The number of rotatable bonds is 5. The van der Waals surface area contributed by atoms with E-state index in [9.17, 15) is 5.11 Å². The first-order chi connectivity index (χ1) is 8.78. The van der Waals surface area contributed by atoms with Crippen LogP contribution in [0.4, 0.5) is 5.69 Å². The second kappa shape index (κ2) is 6.76. The Labute approximate surface area is 109 Å². The van der Waals surface area contributed by atoms with Gasteiger partial charge in [-0.25, -0.2) is 0 Å². The third-order valence-corrected chi connectivity index (χ3v) is 3.62. The first-order valence-corrected chi connectivity index (χ1v) is 6.92. The average molecular weight is 249 g/mol. The fraction of sp³-hybridized carbons (Fsp3) is 0.600. The minimum atomic E-state index is -0.0982. The van der Waals surface area contributed by atoms with Crippen LogP contribution in [0.2, 0.25) is 0 Å². The van der Waals surface area contributed by atoms with Crippen molar-refractivity contribution in [2.75, 3.05) is 11.9 Å². The molecule has 0 unspecified atom stereocenters. The van der Waals surface area contributed by atoms with Gasteiger partial charge >= 0.3 is 0 Å². The van der Waals surface area contributed by atoms with Gasteiger partial charge in [0.2, 0.25) is 0 Å². The van der Waals surface area contributed by atoms with Crippen LogP contribution in [0.3, 0.4) is 0 Å². The minimum absolute atomic E-state index is 0.0982. The van der Waals surface area contributed by atoms with Crippen LogP contribution in [-0.4, -0.2) is 29.0 Å². The first kappa shape index (κ1) is 13.4. The maximum Gasteiger partial charge on any atom is 0.0541 e. The highest BCUT2D eigenvalue weighted by Crippen LogP contribution is 2.22. The Kier molecular flexibility index (Phi) is 5.02. The van der Waals surface area contributed by atoms with Gasteiger partial charge in [-0.2, -0.15) is 0 Å². The van der Waals surface area contributed by atoms with Crippen molar-refractivity contribution in [2.24, 2.45) is 0 Å². The standard InChI is InChI=1S/C15H23NO2/c17-10-2-4-12-3-1-5-14(11-12)16-13-6-8-15(18)9-7-13/h1,3,5,11,13,15-18H,2,4,6-10H2. The van der Waals surface area contributed by atoms with Gasteiger partial charge in [0.05, 0.1) is 6.10 Å². The minimum Gasteiger partial charge on any atom is -0.396 e. The van der Waals surface area contributed by atoms with Gasteiger partial charge in [-0.15, -0.1) is 0 Å². The number of aryl methyl sites for hydroxylation is 1. The van der Waals surface area contributed by atoms with Crippen molar-refractivity contribution in [3.63, 3.8) is 0 Å². The summed E-state index contributed by atoms with van der Waals surface area (Å²) < 4.78 is 0. The zero-order valence-electron chi connectivity index (χ0n) is 10.8. The van der Waals surface area contributed by atoms with E-state index in [1.165, 1.54) is 5.56 Å². The van der Waals surface area contributed by atoms with E-state index in [4.69, 9.17) is 5.11 Å². The Morgan fingerprint density at radius 3 is 2.67 bits per heavy atom. The van der Waals surface area contributed by atoms with Gasteiger partial charge in [-0.05, 0) is 56.2 Å². The van der Waals surface area contributed by atoms with Crippen molar-refractivity contribution >= 4 is 5.69 Å². The van der Waals surface area contributed by atoms with Crippen LogP contribution in [0.25, 0.3) is 0 Å². The molecule has 0 aliphatic heterocycles. The van der Waals surface area contributed by atoms with E-state index in [0.29, 0.717) is 6.04 Å². The highest BCUT2D eigenvalue weighted by atomic mass is 16.3. The normalized spacial score (nSPS) is 23.9. The largest absolute Gasteiger partial charge is 0.396 e. The fourth-order valence-electron chi connectivity index (χ4n) is 2.56. The lowest BCUT2D eigenvalue weighted by Gasteiger charge is -2.27. The third kappa shape index (κ3) is 4.00. The van der Waals surface area contributed by atoms with Gasteiger partial charge in [-0.1, -0.05) is 12.1 Å². The predicted octanol–water partition coefficient (Wildman–Crippen LogP) is 2.33. The summed E-state index contributed by atoms with van der Waals surface area (Å²) in [5.74, 6) is 0. The Bertz CT molecular complexity index is 359. The third-order valence-electron chi connectivity index (χ3n) is 3.62. The van der Waals surface area contributed by atoms with E-state index >= 15 is 0 Å².